The van der Waals surface area contributed by atoms with Gasteiger partial charge in [-0.05, 0) is 45.3 Å². The van der Waals surface area contributed by atoms with Gasteiger partial charge in [0.05, 0.1) is 0 Å². The molecule has 1 aliphatic rings. The van der Waals surface area contributed by atoms with Crippen LogP contribution in [0.15, 0.2) is 0 Å². The summed E-state index contributed by atoms with van der Waals surface area (Å²) >= 11 is 0. The summed E-state index contributed by atoms with van der Waals surface area (Å²) in [4.78, 5) is 2.39. The van der Waals surface area contributed by atoms with Crippen molar-refractivity contribution in [1.82, 2.24) is 10.2 Å². The molecule has 2 heteroatoms. The predicted octanol–water partition coefficient (Wildman–Crippen LogP) is 2.35. The first-order valence-electron chi connectivity index (χ1n) is 6.56. The molecular formula is C13H28N2. The van der Waals surface area contributed by atoms with E-state index in [1.54, 1.807) is 0 Å². The van der Waals surface area contributed by atoms with Gasteiger partial charge in [-0.15, -0.1) is 0 Å². The third kappa shape index (κ3) is 4.52. The maximum atomic E-state index is 3.64. The molecule has 1 saturated carbocycles. The lowest BCUT2D eigenvalue weighted by molar-refractivity contribution is 0.194. The lowest BCUT2D eigenvalue weighted by Gasteiger charge is -2.31. The summed E-state index contributed by atoms with van der Waals surface area (Å²) in [5.41, 5.74) is 0. The molecule has 0 spiro atoms. The Morgan fingerprint density at radius 3 is 2.20 bits per heavy atom. The number of hydrogen-bond donors (Lipinski definition) is 1. The Morgan fingerprint density at radius 2 is 1.80 bits per heavy atom. The van der Waals surface area contributed by atoms with Gasteiger partial charge < -0.3 is 10.2 Å². The molecule has 0 saturated heterocycles. The Bertz CT molecular complexity index is 160. The van der Waals surface area contributed by atoms with Crippen molar-refractivity contribution < 1.29 is 0 Å². The van der Waals surface area contributed by atoms with Gasteiger partial charge in [0, 0.05) is 12.6 Å². The molecule has 1 rings (SSSR count). The van der Waals surface area contributed by atoms with Crippen molar-refractivity contribution in [3.8, 4) is 0 Å². The van der Waals surface area contributed by atoms with Crippen LogP contribution in [-0.2, 0) is 0 Å². The number of nitrogens with zero attached hydrogens (tertiary/aromatic N) is 1. The summed E-state index contributed by atoms with van der Waals surface area (Å²) in [5, 5.41) is 3.64. The van der Waals surface area contributed by atoms with E-state index < -0.39 is 0 Å². The summed E-state index contributed by atoms with van der Waals surface area (Å²) in [7, 11) is 4.42. The zero-order valence-corrected chi connectivity index (χ0v) is 10.9. The third-order valence-electron chi connectivity index (χ3n) is 3.74. The van der Waals surface area contributed by atoms with Crippen LogP contribution in [0.25, 0.3) is 0 Å². The van der Waals surface area contributed by atoms with Gasteiger partial charge >= 0.3 is 0 Å². The van der Waals surface area contributed by atoms with Crippen molar-refractivity contribution in [2.45, 2.75) is 45.6 Å². The van der Waals surface area contributed by atoms with Gasteiger partial charge in [0.1, 0.15) is 0 Å². The Labute approximate surface area is 95.4 Å². The fourth-order valence-electron chi connectivity index (χ4n) is 2.36. The van der Waals surface area contributed by atoms with Gasteiger partial charge in [-0.2, -0.15) is 0 Å². The fourth-order valence-corrected chi connectivity index (χ4v) is 2.36. The second kappa shape index (κ2) is 6.49. The van der Waals surface area contributed by atoms with E-state index in [9.17, 15) is 0 Å². The Balaban J connectivity index is 2.27. The molecule has 0 bridgehead atoms. The predicted molar refractivity (Wildman–Crippen MR) is 67.1 cm³/mol. The molecule has 0 radical (unpaired) electrons. The first-order chi connectivity index (χ1) is 7.19. The van der Waals surface area contributed by atoms with Crippen molar-refractivity contribution in [2.75, 3.05) is 27.2 Å². The van der Waals surface area contributed by atoms with Gasteiger partial charge in [-0.1, -0.05) is 26.7 Å². The highest BCUT2D eigenvalue weighted by Crippen LogP contribution is 2.27. The van der Waals surface area contributed by atoms with Crippen LogP contribution >= 0.6 is 0 Å². The van der Waals surface area contributed by atoms with Crippen molar-refractivity contribution in [3.05, 3.63) is 0 Å². The Hall–Kier alpha value is -0.0800. The van der Waals surface area contributed by atoms with Crippen molar-refractivity contribution >= 4 is 0 Å². The van der Waals surface area contributed by atoms with Crippen LogP contribution < -0.4 is 5.32 Å². The van der Waals surface area contributed by atoms with E-state index in [1.165, 1.54) is 32.2 Å². The van der Waals surface area contributed by atoms with Crippen LogP contribution in [0.3, 0.4) is 0 Å². The molecule has 90 valence electrons. The summed E-state index contributed by atoms with van der Waals surface area (Å²) in [6.07, 6.45) is 5.49. The molecule has 2 nitrogen and oxygen atoms in total. The van der Waals surface area contributed by atoms with E-state index >= 15 is 0 Å². The molecule has 0 aromatic rings. The van der Waals surface area contributed by atoms with E-state index in [0.717, 1.165) is 18.4 Å². The average molecular weight is 212 g/mol. The standard InChI is InChI=1S/C13H28N2/c1-5-12(6-2)13(15(3)4)10-14-9-11-7-8-11/h11-14H,5-10H2,1-4H3. The molecule has 1 unspecified atom stereocenters. The first kappa shape index (κ1) is 13.0. The average Bonchev–Trinajstić information content (AvgIpc) is 3.00. The first-order valence-corrected chi connectivity index (χ1v) is 6.56. The zero-order chi connectivity index (χ0) is 11.3. The molecule has 0 amide bonds. The molecule has 0 heterocycles. The van der Waals surface area contributed by atoms with E-state index in [2.05, 4.69) is 38.2 Å². The molecule has 1 aliphatic carbocycles. The lowest BCUT2D eigenvalue weighted by atomic mass is 9.93. The quantitative estimate of drug-likeness (QED) is 0.664. The van der Waals surface area contributed by atoms with Crippen molar-refractivity contribution in [3.63, 3.8) is 0 Å². The highest BCUT2D eigenvalue weighted by Gasteiger charge is 2.23. The van der Waals surface area contributed by atoms with Crippen LogP contribution in [0, 0.1) is 11.8 Å². The third-order valence-corrected chi connectivity index (χ3v) is 3.74. The SMILES string of the molecule is CCC(CC)C(CNCC1CC1)N(C)C. The van der Waals surface area contributed by atoms with Crippen LogP contribution in [0.4, 0.5) is 0 Å². The van der Waals surface area contributed by atoms with Crippen LogP contribution in [0.5, 0.6) is 0 Å². The number of hydrogen-bond acceptors (Lipinski definition) is 2. The van der Waals surface area contributed by atoms with E-state index in [-0.39, 0.29) is 0 Å². The lowest BCUT2D eigenvalue weighted by Crippen LogP contribution is -2.43. The smallest absolute Gasteiger partial charge is 0.0242 e. The Kier molecular flexibility index (Phi) is 5.62. The van der Waals surface area contributed by atoms with Gasteiger partial charge in [0.15, 0.2) is 0 Å². The minimum atomic E-state index is 0.707. The van der Waals surface area contributed by atoms with Gasteiger partial charge in [-0.25, -0.2) is 0 Å². The van der Waals surface area contributed by atoms with Crippen LogP contribution in [0.1, 0.15) is 39.5 Å². The number of nitrogens with one attached hydrogen (secondary N) is 1. The van der Waals surface area contributed by atoms with Crippen LogP contribution in [-0.4, -0.2) is 38.1 Å². The molecule has 15 heavy (non-hydrogen) atoms. The summed E-state index contributed by atoms with van der Waals surface area (Å²) < 4.78 is 0. The van der Waals surface area contributed by atoms with Gasteiger partial charge in [-0.3, -0.25) is 0 Å². The second-order valence-corrected chi connectivity index (χ2v) is 5.21. The highest BCUT2D eigenvalue weighted by atomic mass is 15.1. The summed E-state index contributed by atoms with van der Waals surface area (Å²) in [5.74, 6) is 1.83. The van der Waals surface area contributed by atoms with Crippen molar-refractivity contribution in [1.29, 1.82) is 0 Å². The summed E-state index contributed by atoms with van der Waals surface area (Å²) in [6.45, 7) is 7.03. The number of rotatable bonds is 8. The van der Waals surface area contributed by atoms with E-state index in [4.69, 9.17) is 0 Å². The maximum Gasteiger partial charge on any atom is 0.0242 e. The fraction of sp³-hybridized carbons (Fsp3) is 1.00. The molecule has 0 aromatic heterocycles. The van der Waals surface area contributed by atoms with Gasteiger partial charge in [0.2, 0.25) is 0 Å². The van der Waals surface area contributed by atoms with Crippen LogP contribution in [0.2, 0.25) is 0 Å². The second-order valence-electron chi connectivity index (χ2n) is 5.21. The molecule has 0 aromatic carbocycles. The largest absolute Gasteiger partial charge is 0.315 e. The topological polar surface area (TPSA) is 15.3 Å². The van der Waals surface area contributed by atoms with E-state index in [1.807, 2.05) is 0 Å². The maximum absolute atomic E-state index is 3.64. The summed E-state index contributed by atoms with van der Waals surface area (Å²) in [6, 6.07) is 0.707. The molecule has 1 fully saturated rings. The molecule has 1 N–H and O–H groups in total. The highest BCUT2D eigenvalue weighted by molar-refractivity contribution is 4.80. The number of likely N-dealkylation sites (N-methyl/N-ethyl adjacent to an activating group) is 1. The normalized spacial score (nSPS) is 18.8. The van der Waals surface area contributed by atoms with E-state index in [0.29, 0.717) is 6.04 Å². The van der Waals surface area contributed by atoms with Crippen molar-refractivity contribution in [2.24, 2.45) is 11.8 Å². The molecule has 0 aliphatic heterocycles. The zero-order valence-electron chi connectivity index (χ0n) is 10.9. The van der Waals surface area contributed by atoms with Gasteiger partial charge in [0.25, 0.3) is 0 Å². The monoisotopic (exact) mass is 212 g/mol. The minimum absolute atomic E-state index is 0.707. The molecular weight excluding hydrogens is 184 g/mol. The Morgan fingerprint density at radius 1 is 1.20 bits per heavy atom. The molecule has 1 atom stereocenters. The minimum Gasteiger partial charge on any atom is -0.315 e.